The molecule has 0 radical (unpaired) electrons. The second-order valence-electron chi connectivity index (χ2n) is 5.39. The highest BCUT2D eigenvalue weighted by Crippen LogP contribution is 2.20. The topological polar surface area (TPSA) is 41.6 Å². The molecule has 1 heterocycles. The van der Waals surface area contributed by atoms with Crippen molar-refractivity contribution in [1.29, 1.82) is 0 Å². The molecule has 0 saturated carbocycles. The maximum Gasteiger partial charge on any atom is 0.293 e. The quantitative estimate of drug-likeness (QED) is 0.853. The van der Waals surface area contributed by atoms with E-state index >= 15 is 0 Å². The van der Waals surface area contributed by atoms with Crippen LogP contribution in [0.4, 0.5) is 14.5 Å². The van der Waals surface area contributed by atoms with E-state index in [9.17, 15) is 13.6 Å². The first-order valence-corrected chi connectivity index (χ1v) is 6.57. The Morgan fingerprint density at radius 3 is 2.48 bits per heavy atom. The van der Waals surface area contributed by atoms with Gasteiger partial charge in [-0.2, -0.15) is 0 Å². The predicted molar refractivity (Wildman–Crippen MR) is 77.7 cm³/mol. The Morgan fingerprint density at radius 1 is 1.33 bits per heavy atom. The van der Waals surface area contributed by atoms with Gasteiger partial charge in [0.05, 0.1) is 5.69 Å². The van der Waals surface area contributed by atoms with Crippen LogP contribution >= 0.6 is 0 Å². The van der Waals surface area contributed by atoms with E-state index in [0.29, 0.717) is 18.7 Å². The van der Waals surface area contributed by atoms with Gasteiger partial charge in [0.1, 0.15) is 17.2 Å². The van der Waals surface area contributed by atoms with Gasteiger partial charge in [-0.15, -0.1) is 0 Å². The van der Waals surface area contributed by atoms with E-state index in [1.807, 2.05) is 20.8 Å². The molecule has 1 aliphatic rings. The third-order valence-electron chi connectivity index (χ3n) is 2.49. The van der Waals surface area contributed by atoms with Gasteiger partial charge in [-0.1, -0.05) is 0 Å². The smallest absolute Gasteiger partial charge is 0.293 e. The molecule has 6 heteroatoms. The molecule has 0 saturated heterocycles. The summed E-state index contributed by atoms with van der Waals surface area (Å²) in [6.07, 6.45) is 3.48. The molecule has 21 heavy (non-hydrogen) atoms. The van der Waals surface area contributed by atoms with Gasteiger partial charge < -0.3 is 15.0 Å². The number of hydrogen-bond donors (Lipinski definition) is 1. The minimum absolute atomic E-state index is 0.318. The Bertz CT molecular complexity index is 499. The number of benzene rings is 1. The van der Waals surface area contributed by atoms with Gasteiger partial charge in [0.25, 0.3) is 6.47 Å². The fourth-order valence-corrected chi connectivity index (χ4v) is 1.54. The van der Waals surface area contributed by atoms with Gasteiger partial charge in [-0.25, -0.2) is 8.78 Å². The van der Waals surface area contributed by atoms with Crippen molar-refractivity contribution in [3.63, 3.8) is 0 Å². The molecule has 0 spiro atoms. The van der Waals surface area contributed by atoms with E-state index in [0.717, 1.165) is 12.6 Å². The summed E-state index contributed by atoms with van der Waals surface area (Å²) in [6, 6.07) is 3.60. The molecular weight excluding hydrogens is 278 g/mol. The predicted octanol–water partition coefficient (Wildman–Crippen LogP) is 2.80. The Hall–Kier alpha value is -2.11. The summed E-state index contributed by atoms with van der Waals surface area (Å²) in [7, 11) is 0. The monoisotopic (exact) mass is 298 g/mol. The van der Waals surface area contributed by atoms with Crippen LogP contribution in [0.1, 0.15) is 20.8 Å². The van der Waals surface area contributed by atoms with Crippen molar-refractivity contribution in [2.24, 2.45) is 0 Å². The van der Waals surface area contributed by atoms with Crippen molar-refractivity contribution >= 4 is 12.2 Å². The fraction of sp³-hybridized carbons (Fsp3) is 0.400. The number of carbonyl (C=O) groups excluding carboxylic acids is 1. The first kappa shape index (κ1) is 16.9. The van der Waals surface area contributed by atoms with Crippen LogP contribution in [0.15, 0.2) is 30.6 Å². The molecule has 116 valence electrons. The minimum Gasteiger partial charge on any atom is -0.462 e. The van der Waals surface area contributed by atoms with E-state index in [4.69, 9.17) is 0 Å². The lowest BCUT2D eigenvalue weighted by Crippen LogP contribution is -2.31. The average Bonchev–Trinajstić information content (AvgIpc) is 2.39. The lowest BCUT2D eigenvalue weighted by Gasteiger charge is -2.24. The minimum atomic E-state index is -0.551. The van der Waals surface area contributed by atoms with E-state index in [1.54, 1.807) is 17.3 Å². The Labute approximate surface area is 123 Å². The first-order chi connectivity index (χ1) is 9.83. The zero-order valence-electron chi connectivity index (χ0n) is 12.4. The highest BCUT2D eigenvalue weighted by molar-refractivity contribution is 5.50. The molecule has 0 aliphatic carbocycles. The van der Waals surface area contributed by atoms with Crippen LogP contribution in [-0.2, 0) is 9.53 Å². The van der Waals surface area contributed by atoms with E-state index in [2.05, 4.69) is 10.1 Å². The number of rotatable bonds is 2. The second kappa shape index (κ2) is 7.61. The largest absolute Gasteiger partial charge is 0.462 e. The molecule has 4 nitrogen and oxygen atoms in total. The van der Waals surface area contributed by atoms with Crippen molar-refractivity contribution in [3.8, 4) is 0 Å². The molecule has 0 atom stereocenters. The third kappa shape index (κ3) is 6.25. The van der Waals surface area contributed by atoms with Crippen LogP contribution in [0.3, 0.4) is 0 Å². The Balaban J connectivity index is 0.000000270. The summed E-state index contributed by atoms with van der Waals surface area (Å²) in [5.41, 5.74) is 0.0889. The fourth-order valence-electron chi connectivity index (χ4n) is 1.54. The van der Waals surface area contributed by atoms with Gasteiger partial charge in [0.15, 0.2) is 0 Å². The molecule has 0 unspecified atom stereocenters. The van der Waals surface area contributed by atoms with Crippen molar-refractivity contribution in [3.05, 3.63) is 42.2 Å². The maximum absolute atomic E-state index is 13.3. The van der Waals surface area contributed by atoms with Crippen LogP contribution in [0.5, 0.6) is 0 Å². The van der Waals surface area contributed by atoms with Crippen molar-refractivity contribution in [1.82, 2.24) is 5.32 Å². The van der Waals surface area contributed by atoms with Crippen LogP contribution in [0, 0.1) is 11.6 Å². The number of hydrogen-bond acceptors (Lipinski definition) is 4. The van der Waals surface area contributed by atoms with Crippen molar-refractivity contribution in [2.45, 2.75) is 26.4 Å². The number of nitrogens with one attached hydrogen (secondary N) is 1. The number of ether oxygens (including phenoxy) is 1. The summed E-state index contributed by atoms with van der Waals surface area (Å²) >= 11 is 0. The maximum atomic E-state index is 13.3. The lowest BCUT2D eigenvalue weighted by atomic mass is 10.2. The zero-order valence-corrected chi connectivity index (χ0v) is 12.4. The highest BCUT2D eigenvalue weighted by atomic mass is 19.1. The molecule has 1 N–H and O–H groups in total. The van der Waals surface area contributed by atoms with E-state index < -0.39 is 11.6 Å². The summed E-state index contributed by atoms with van der Waals surface area (Å²) in [4.78, 5) is 11.3. The molecule has 0 aromatic heterocycles. The SMILES string of the molecule is CC(C)(C)OC=O.Fc1ccc(N2C=CNCC2)c(F)c1. The number of carbonyl (C=O) groups is 1. The highest BCUT2D eigenvalue weighted by Gasteiger charge is 2.11. The van der Waals surface area contributed by atoms with E-state index in [-0.39, 0.29) is 5.60 Å². The normalized spacial score (nSPS) is 13.9. The van der Waals surface area contributed by atoms with Gasteiger partial charge >= 0.3 is 0 Å². The lowest BCUT2D eigenvalue weighted by molar-refractivity contribution is -0.138. The van der Waals surface area contributed by atoms with Gasteiger partial charge in [-0.3, -0.25) is 4.79 Å². The van der Waals surface area contributed by atoms with E-state index in [1.165, 1.54) is 12.1 Å². The molecule has 1 aliphatic heterocycles. The van der Waals surface area contributed by atoms with Gasteiger partial charge in [-0.05, 0) is 32.9 Å². The summed E-state index contributed by atoms with van der Waals surface area (Å²) in [5, 5.41) is 3.00. The van der Waals surface area contributed by atoms with Crippen molar-refractivity contribution < 1.29 is 18.3 Å². The Kier molecular flexibility index (Phi) is 6.14. The van der Waals surface area contributed by atoms with Gasteiger partial charge in [0.2, 0.25) is 0 Å². The molecule has 0 amide bonds. The zero-order chi connectivity index (χ0) is 15.9. The Morgan fingerprint density at radius 2 is 2.05 bits per heavy atom. The molecular formula is C15H20F2N2O2. The molecule has 1 aromatic carbocycles. The summed E-state index contributed by atoms with van der Waals surface area (Å²) in [6.45, 7) is 7.36. The average molecular weight is 298 g/mol. The number of halogens is 2. The first-order valence-electron chi connectivity index (χ1n) is 6.57. The van der Waals surface area contributed by atoms with Crippen molar-refractivity contribution in [2.75, 3.05) is 18.0 Å². The summed E-state index contributed by atoms with van der Waals surface area (Å²) in [5.74, 6) is -1.08. The van der Waals surface area contributed by atoms with Crippen LogP contribution in [0.2, 0.25) is 0 Å². The van der Waals surface area contributed by atoms with Gasteiger partial charge in [0, 0.05) is 31.6 Å². The molecule has 0 bridgehead atoms. The molecule has 1 aromatic rings. The molecule has 0 fully saturated rings. The second-order valence-corrected chi connectivity index (χ2v) is 5.39. The van der Waals surface area contributed by atoms with Crippen LogP contribution < -0.4 is 10.2 Å². The van der Waals surface area contributed by atoms with Crippen LogP contribution in [0.25, 0.3) is 0 Å². The number of anilines is 1. The standard InChI is InChI=1S/C10H10F2N2.C5H10O2/c11-8-1-2-10(9(12)7-8)14-5-3-13-4-6-14;1-5(2,3)7-4-6/h1-3,5,7,13H,4,6H2;4H,1-3H3. The van der Waals surface area contributed by atoms with Crippen LogP contribution in [-0.4, -0.2) is 25.2 Å². The third-order valence-corrected chi connectivity index (χ3v) is 2.49. The summed E-state index contributed by atoms with van der Waals surface area (Å²) < 4.78 is 30.5. The molecule has 2 rings (SSSR count). The number of nitrogens with zero attached hydrogens (tertiary/aromatic N) is 1.